The molecule has 6 heteroatoms. The first-order valence-corrected chi connectivity index (χ1v) is 9.40. The zero-order chi connectivity index (χ0) is 19.9. The molecule has 0 aliphatic carbocycles. The minimum absolute atomic E-state index is 0.0387. The van der Waals surface area contributed by atoms with Crippen LogP contribution in [0.3, 0.4) is 0 Å². The smallest absolute Gasteiger partial charge is 0.227 e. The lowest BCUT2D eigenvalue weighted by Gasteiger charge is -2.16. The quantitative estimate of drug-likeness (QED) is 0.789. The summed E-state index contributed by atoms with van der Waals surface area (Å²) in [5.74, 6) is 5.68. The summed E-state index contributed by atoms with van der Waals surface area (Å²) in [5.41, 5.74) is 1.95. The van der Waals surface area contributed by atoms with E-state index < -0.39 is 0 Å². The van der Waals surface area contributed by atoms with Crippen LogP contribution in [0.2, 0.25) is 5.02 Å². The Bertz CT molecular complexity index is 915. The number of carbonyl (C=O) groups excluding carboxylic acids is 2. The summed E-state index contributed by atoms with van der Waals surface area (Å²) >= 11 is 5.99. The zero-order valence-corrected chi connectivity index (χ0v) is 16.3. The van der Waals surface area contributed by atoms with Gasteiger partial charge in [0.2, 0.25) is 11.8 Å². The van der Waals surface area contributed by atoms with Crippen molar-refractivity contribution in [3.8, 4) is 17.6 Å². The molecule has 2 aromatic rings. The lowest BCUT2D eigenvalue weighted by Crippen LogP contribution is -2.33. The van der Waals surface area contributed by atoms with Crippen LogP contribution in [-0.2, 0) is 9.59 Å². The number of amides is 2. The molecule has 1 atom stereocenters. The van der Waals surface area contributed by atoms with Gasteiger partial charge in [-0.3, -0.25) is 9.59 Å². The predicted octanol–water partition coefficient (Wildman–Crippen LogP) is 3.20. The molecule has 3 rings (SSSR count). The van der Waals surface area contributed by atoms with Gasteiger partial charge in [-0.25, -0.2) is 0 Å². The standard InChI is InChI=1S/C22H21ClN2O3/c1-16-8-10-18(11-9-16)25-15-17(14-21(25)26)22(27)24-12-4-5-13-28-20-7-3-2-6-19(20)23/h2-3,6-11,17H,12-15H2,1H3,(H,24,27). The van der Waals surface area contributed by atoms with Crippen LogP contribution in [0, 0.1) is 24.7 Å². The van der Waals surface area contributed by atoms with E-state index in [1.165, 1.54) is 0 Å². The van der Waals surface area contributed by atoms with Crippen LogP contribution in [0.15, 0.2) is 48.5 Å². The first-order chi connectivity index (χ1) is 13.5. The Morgan fingerprint density at radius 1 is 1.21 bits per heavy atom. The van der Waals surface area contributed by atoms with Gasteiger partial charge in [0.05, 0.1) is 17.5 Å². The fourth-order valence-corrected chi connectivity index (χ4v) is 3.11. The zero-order valence-electron chi connectivity index (χ0n) is 15.6. The molecular formula is C22H21ClN2O3. The molecule has 5 nitrogen and oxygen atoms in total. The normalized spacial score (nSPS) is 15.7. The van der Waals surface area contributed by atoms with Crippen molar-refractivity contribution in [2.24, 2.45) is 5.92 Å². The van der Waals surface area contributed by atoms with Gasteiger partial charge in [-0.1, -0.05) is 53.3 Å². The molecule has 0 bridgehead atoms. The van der Waals surface area contributed by atoms with Gasteiger partial charge in [0.15, 0.2) is 0 Å². The lowest BCUT2D eigenvalue weighted by atomic mass is 10.1. The second-order valence-electron chi connectivity index (χ2n) is 6.53. The molecule has 1 aliphatic rings. The van der Waals surface area contributed by atoms with Crippen LogP contribution in [0.4, 0.5) is 5.69 Å². The highest BCUT2D eigenvalue weighted by atomic mass is 35.5. The summed E-state index contributed by atoms with van der Waals surface area (Å²) in [5, 5.41) is 3.29. The number of nitrogens with zero attached hydrogens (tertiary/aromatic N) is 1. The predicted molar refractivity (Wildman–Crippen MR) is 109 cm³/mol. The summed E-state index contributed by atoms with van der Waals surface area (Å²) in [6.45, 7) is 2.77. The number of hydrogen-bond donors (Lipinski definition) is 1. The minimum atomic E-state index is -0.366. The van der Waals surface area contributed by atoms with E-state index in [-0.39, 0.29) is 37.3 Å². The van der Waals surface area contributed by atoms with E-state index in [0.717, 1.165) is 11.3 Å². The van der Waals surface area contributed by atoms with Crippen LogP contribution < -0.4 is 15.0 Å². The number of para-hydroxylation sites is 1. The number of benzene rings is 2. The number of carbonyl (C=O) groups is 2. The van der Waals surface area contributed by atoms with Crippen molar-refractivity contribution in [1.82, 2.24) is 5.32 Å². The van der Waals surface area contributed by atoms with Gasteiger partial charge >= 0.3 is 0 Å². The van der Waals surface area contributed by atoms with Gasteiger partial charge in [-0.15, -0.1) is 0 Å². The van der Waals surface area contributed by atoms with E-state index >= 15 is 0 Å². The molecule has 0 spiro atoms. The molecule has 1 fully saturated rings. The van der Waals surface area contributed by atoms with Crippen molar-refractivity contribution in [2.45, 2.75) is 13.3 Å². The van der Waals surface area contributed by atoms with Crippen LogP contribution >= 0.6 is 11.6 Å². The summed E-state index contributed by atoms with van der Waals surface area (Å²) in [6.07, 6.45) is 0.211. The molecular weight excluding hydrogens is 376 g/mol. The molecule has 28 heavy (non-hydrogen) atoms. The molecule has 2 aromatic carbocycles. The fourth-order valence-electron chi connectivity index (χ4n) is 2.92. The summed E-state index contributed by atoms with van der Waals surface area (Å²) < 4.78 is 5.46. The Hall–Kier alpha value is -2.97. The topological polar surface area (TPSA) is 58.6 Å². The Morgan fingerprint density at radius 3 is 2.71 bits per heavy atom. The first-order valence-electron chi connectivity index (χ1n) is 9.02. The van der Waals surface area contributed by atoms with Crippen LogP contribution in [0.5, 0.6) is 5.75 Å². The monoisotopic (exact) mass is 396 g/mol. The number of nitrogens with one attached hydrogen (secondary N) is 1. The molecule has 144 valence electrons. The van der Waals surface area contributed by atoms with E-state index in [2.05, 4.69) is 17.2 Å². The highest BCUT2D eigenvalue weighted by Crippen LogP contribution is 2.25. The number of halogens is 1. The number of ether oxygens (including phenoxy) is 1. The van der Waals surface area contributed by atoms with Gasteiger partial charge in [-0.2, -0.15) is 0 Å². The Balaban J connectivity index is 1.44. The van der Waals surface area contributed by atoms with Crippen LogP contribution in [0.1, 0.15) is 12.0 Å². The van der Waals surface area contributed by atoms with Crippen molar-refractivity contribution in [2.75, 3.05) is 24.6 Å². The van der Waals surface area contributed by atoms with Crippen LogP contribution in [-0.4, -0.2) is 31.5 Å². The Kier molecular flexibility index (Phi) is 6.57. The summed E-state index contributed by atoms with van der Waals surface area (Å²) in [7, 11) is 0. The van der Waals surface area contributed by atoms with Crippen molar-refractivity contribution >= 4 is 29.1 Å². The first kappa shape index (κ1) is 19.8. The van der Waals surface area contributed by atoms with Crippen molar-refractivity contribution in [3.05, 3.63) is 59.1 Å². The number of anilines is 1. The molecule has 0 saturated carbocycles. The third-order valence-corrected chi connectivity index (χ3v) is 4.77. The van der Waals surface area contributed by atoms with Crippen LogP contribution in [0.25, 0.3) is 0 Å². The van der Waals surface area contributed by atoms with E-state index in [4.69, 9.17) is 16.3 Å². The molecule has 1 unspecified atom stereocenters. The Morgan fingerprint density at radius 2 is 1.96 bits per heavy atom. The van der Waals surface area contributed by atoms with Gasteiger partial charge in [0, 0.05) is 18.7 Å². The second-order valence-corrected chi connectivity index (χ2v) is 6.94. The van der Waals surface area contributed by atoms with E-state index in [1.807, 2.05) is 43.3 Å². The summed E-state index contributed by atoms with van der Waals surface area (Å²) in [6, 6.07) is 14.9. The fraction of sp³-hybridized carbons (Fsp3) is 0.273. The largest absolute Gasteiger partial charge is 0.479 e. The maximum atomic E-state index is 12.3. The third kappa shape index (κ3) is 5.05. The number of rotatable bonds is 5. The molecule has 1 N–H and O–H groups in total. The summed E-state index contributed by atoms with van der Waals surface area (Å²) in [4.78, 5) is 26.2. The van der Waals surface area contributed by atoms with E-state index in [0.29, 0.717) is 17.3 Å². The highest BCUT2D eigenvalue weighted by molar-refractivity contribution is 6.32. The third-order valence-electron chi connectivity index (χ3n) is 4.45. The van der Waals surface area contributed by atoms with Gasteiger partial charge < -0.3 is 15.0 Å². The lowest BCUT2D eigenvalue weighted by molar-refractivity contribution is -0.126. The number of aryl methyl sites for hydroxylation is 1. The second kappa shape index (κ2) is 9.29. The SMILES string of the molecule is Cc1ccc(N2CC(C(=O)NCC#CCOc3ccccc3Cl)CC2=O)cc1. The molecule has 1 saturated heterocycles. The van der Waals surface area contributed by atoms with E-state index in [9.17, 15) is 9.59 Å². The van der Waals surface area contributed by atoms with Gasteiger partial charge in [-0.05, 0) is 31.2 Å². The molecule has 0 aromatic heterocycles. The molecule has 1 aliphatic heterocycles. The molecule has 0 radical (unpaired) electrons. The molecule has 2 amide bonds. The average Bonchev–Trinajstić information content (AvgIpc) is 3.08. The van der Waals surface area contributed by atoms with Gasteiger partial charge in [0.1, 0.15) is 12.4 Å². The maximum Gasteiger partial charge on any atom is 0.227 e. The van der Waals surface area contributed by atoms with Crippen molar-refractivity contribution < 1.29 is 14.3 Å². The van der Waals surface area contributed by atoms with Crippen molar-refractivity contribution in [3.63, 3.8) is 0 Å². The molecule has 1 heterocycles. The maximum absolute atomic E-state index is 12.3. The van der Waals surface area contributed by atoms with Crippen molar-refractivity contribution in [1.29, 1.82) is 0 Å². The minimum Gasteiger partial charge on any atom is -0.479 e. The highest BCUT2D eigenvalue weighted by Gasteiger charge is 2.34. The Labute approximate surface area is 169 Å². The van der Waals surface area contributed by atoms with E-state index in [1.54, 1.807) is 17.0 Å². The average molecular weight is 397 g/mol. The van der Waals surface area contributed by atoms with Gasteiger partial charge in [0.25, 0.3) is 0 Å². The number of hydrogen-bond acceptors (Lipinski definition) is 3.